The van der Waals surface area contributed by atoms with Gasteiger partial charge in [0.15, 0.2) is 5.11 Å². The molecule has 0 fully saturated rings. The third-order valence-electron chi connectivity index (χ3n) is 3.24. The van der Waals surface area contributed by atoms with Gasteiger partial charge in [-0.1, -0.05) is 36.4 Å². The first-order valence-corrected chi connectivity index (χ1v) is 7.62. The van der Waals surface area contributed by atoms with Crippen molar-refractivity contribution >= 4 is 28.7 Å². The monoisotopic (exact) mass is 299 g/mol. The van der Waals surface area contributed by atoms with Crippen LogP contribution in [-0.4, -0.2) is 18.2 Å². The second kappa shape index (κ2) is 7.64. The van der Waals surface area contributed by atoms with Crippen LogP contribution in [0.3, 0.4) is 0 Å². The molecule has 0 heterocycles. The van der Waals surface area contributed by atoms with Crippen LogP contribution in [0.2, 0.25) is 0 Å². The summed E-state index contributed by atoms with van der Waals surface area (Å²) >= 11 is 5.57. The summed E-state index contributed by atoms with van der Waals surface area (Å²) in [5, 5.41) is 2.75. The molecule has 0 aliphatic carbocycles. The molecule has 21 heavy (non-hydrogen) atoms. The summed E-state index contributed by atoms with van der Waals surface area (Å²) in [6.07, 6.45) is 0. The number of thiocarbonyl (C=S) groups is 1. The summed E-state index contributed by atoms with van der Waals surface area (Å²) in [7, 11) is 0. The van der Waals surface area contributed by atoms with Gasteiger partial charge in [0, 0.05) is 18.8 Å². The number of nitrogens with one attached hydrogen (secondary N) is 1. The Morgan fingerprint density at radius 3 is 1.86 bits per heavy atom. The molecule has 0 aromatic heterocycles. The van der Waals surface area contributed by atoms with E-state index >= 15 is 0 Å². The van der Waals surface area contributed by atoms with Gasteiger partial charge in [-0.15, -0.1) is 0 Å². The first-order valence-electron chi connectivity index (χ1n) is 7.22. The predicted octanol–water partition coefficient (Wildman–Crippen LogP) is 3.83. The fourth-order valence-corrected chi connectivity index (χ4v) is 2.51. The normalized spacial score (nSPS) is 10.0. The molecule has 110 valence electrons. The fraction of sp³-hybridized carbons (Fsp3) is 0.235. The number of anilines is 2. The molecule has 2 rings (SSSR count). The van der Waals surface area contributed by atoms with Crippen molar-refractivity contribution in [2.45, 2.75) is 13.8 Å². The summed E-state index contributed by atoms with van der Waals surface area (Å²) in [5.41, 5.74) is 5.53. The van der Waals surface area contributed by atoms with E-state index in [2.05, 4.69) is 48.4 Å². The summed E-state index contributed by atoms with van der Waals surface area (Å²) in [5.74, 6) is 0. The van der Waals surface area contributed by atoms with Gasteiger partial charge in [0.2, 0.25) is 0 Å². The fourth-order valence-electron chi connectivity index (χ4n) is 2.16. The molecule has 1 N–H and O–H groups in total. The van der Waals surface area contributed by atoms with E-state index in [0.29, 0.717) is 5.11 Å². The molecule has 0 saturated heterocycles. The zero-order valence-electron chi connectivity index (χ0n) is 12.5. The van der Waals surface area contributed by atoms with Crippen LogP contribution < -0.4 is 15.3 Å². The van der Waals surface area contributed by atoms with E-state index in [9.17, 15) is 0 Å². The standard InChI is InChI=1S/C17H21N3S/c1-3-19(15-11-7-5-8-12-15)17(21)18-20(4-2)16-13-9-6-10-14-16/h5-14H,3-4H2,1-2H3,(H,18,21). The van der Waals surface area contributed by atoms with E-state index in [0.717, 1.165) is 24.5 Å². The van der Waals surface area contributed by atoms with Crippen LogP contribution in [0.4, 0.5) is 11.4 Å². The number of hydrazine groups is 1. The topological polar surface area (TPSA) is 18.5 Å². The molecule has 0 atom stereocenters. The molecule has 0 saturated carbocycles. The maximum Gasteiger partial charge on any atom is 0.192 e. The van der Waals surface area contributed by atoms with Gasteiger partial charge >= 0.3 is 0 Å². The number of rotatable bonds is 5. The molecule has 4 heteroatoms. The van der Waals surface area contributed by atoms with Gasteiger partial charge in [0.05, 0.1) is 5.69 Å². The molecular formula is C17H21N3S. The van der Waals surface area contributed by atoms with Crippen molar-refractivity contribution in [3.63, 3.8) is 0 Å². The Morgan fingerprint density at radius 2 is 1.38 bits per heavy atom. The quantitative estimate of drug-likeness (QED) is 0.668. The maximum absolute atomic E-state index is 5.57. The average Bonchev–Trinajstić information content (AvgIpc) is 2.55. The van der Waals surface area contributed by atoms with Crippen molar-refractivity contribution in [3.05, 3.63) is 60.7 Å². The third kappa shape index (κ3) is 3.95. The molecule has 2 aromatic carbocycles. The Kier molecular flexibility index (Phi) is 5.58. The van der Waals surface area contributed by atoms with Crippen molar-refractivity contribution in [1.82, 2.24) is 5.43 Å². The van der Waals surface area contributed by atoms with Gasteiger partial charge in [-0.05, 0) is 50.3 Å². The van der Waals surface area contributed by atoms with E-state index in [-0.39, 0.29) is 0 Å². The Bertz CT molecular complexity index is 557. The minimum atomic E-state index is 0.703. The Labute approximate surface area is 132 Å². The molecule has 0 aliphatic heterocycles. The zero-order valence-corrected chi connectivity index (χ0v) is 13.3. The van der Waals surface area contributed by atoms with Gasteiger partial charge in [-0.3, -0.25) is 10.4 Å². The largest absolute Gasteiger partial charge is 0.318 e. The van der Waals surface area contributed by atoms with Crippen LogP contribution in [-0.2, 0) is 0 Å². The second-order valence-corrected chi connectivity index (χ2v) is 4.96. The molecule has 0 spiro atoms. The molecule has 3 nitrogen and oxygen atoms in total. The lowest BCUT2D eigenvalue weighted by Crippen LogP contribution is -2.49. The van der Waals surface area contributed by atoms with Gasteiger partial charge in [0.1, 0.15) is 0 Å². The number of nitrogens with zero attached hydrogens (tertiary/aromatic N) is 2. The van der Waals surface area contributed by atoms with E-state index in [1.54, 1.807) is 0 Å². The first-order chi connectivity index (χ1) is 10.3. The minimum absolute atomic E-state index is 0.703. The smallest absolute Gasteiger partial charge is 0.192 e. The van der Waals surface area contributed by atoms with Crippen molar-refractivity contribution in [3.8, 4) is 0 Å². The van der Waals surface area contributed by atoms with Crippen molar-refractivity contribution in [1.29, 1.82) is 0 Å². The average molecular weight is 299 g/mol. The minimum Gasteiger partial charge on any atom is -0.318 e. The van der Waals surface area contributed by atoms with Crippen LogP contribution in [0.5, 0.6) is 0 Å². The van der Waals surface area contributed by atoms with Gasteiger partial charge in [-0.2, -0.15) is 0 Å². The van der Waals surface area contributed by atoms with Crippen LogP contribution in [0.1, 0.15) is 13.8 Å². The van der Waals surface area contributed by atoms with Crippen LogP contribution in [0.15, 0.2) is 60.7 Å². The van der Waals surface area contributed by atoms with Crippen LogP contribution in [0.25, 0.3) is 0 Å². The predicted molar refractivity (Wildman–Crippen MR) is 94.7 cm³/mol. The van der Waals surface area contributed by atoms with E-state index < -0.39 is 0 Å². The molecule has 0 aliphatic rings. The highest BCUT2D eigenvalue weighted by Crippen LogP contribution is 2.15. The third-order valence-corrected chi connectivity index (χ3v) is 3.56. The number of hydrogen-bond acceptors (Lipinski definition) is 2. The second-order valence-electron chi connectivity index (χ2n) is 4.58. The Morgan fingerprint density at radius 1 is 0.857 bits per heavy atom. The van der Waals surface area contributed by atoms with Crippen molar-refractivity contribution in [2.75, 3.05) is 23.0 Å². The highest BCUT2D eigenvalue weighted by atomic mass is 32.1. The van der Waals surface area contributed by atoms with Crippen molar-refractivity contribution < 1.29 is 0 Å². The number of hydrogen-bond donors (Lipinski definition) is 1. The molecule has 0 unspecified atom stereocenters. The highest BCUT2D eigenvalue weighted by molar-refractivity contribution is 7.80. The SMILES string of the molecule is CCN(NC(=S)N(CC)c1ccccc1)c1ccccc1. The highest BCUT2D eigenvalue weighted by Gasteiger charge is 2.12. The summed E-state index contributed by atoms with van der Waals surface area (Å²) in [6, 6.07) is 20.4. The molecule has 0 radical (unpaired) electrons. The lowest BCUT2D eigenvalue weighted by atomic mass is 10.3. The van der Waals surface area contributed by atoms with E-state index in [4.69, 9.17) is 12.2 Å². The molecule has 2 aromatic rings. The summed E-state index contributed by atoms with van der Waals surface area (Å²) in [6.45, 7) is 5.85. The van der Waals surface area contributed by atoms with Crippen molar-refractivity contribution in [2.24, 2.45) is 0 Å². The number of para-hydroxylation sites is 2. The lowest BCUT2D eigenvalue weighted by molar-refractivity contribution is 0.786. The maximum atomic E-state index is 5.57. The summed E-state index contributed by atoms with van der Waals surface area (Å²) in [4.78, 5) is 2.08. The lowest BCUT2D eigenvalue weighted by Gasteiger charge is -2.31. The van der Waals surface area contributed by atoms with E-state index in [1.807, 2.05) is 41.4 Å². The first kappa shape index (κ1) is 15.3. The van der Waals surface area contributed by atoms with Gasteiger partial charge < -0.3 is 4.90 Å². The molecular weight excluding hydrogens is 278 g/mol. The number of benzene rings is 2. The van der Waals surface area contributed by atoms with Crippen LogP contribution in [0, 0.1) is 0 Å². The molecule has 0 amide bonds. The molecule has 0 bridgehead atoms. The van der Waals surface area contributed by atoms with Gasteiger partial charge in [0.25, 0.3) is 0 Å². The Balaban J connectivity index is 2.11. The summed E-state index contributed by atoms with van der Waals surface area (Å²) < 4.78 is 0. The van der Waals surface area contributed by atoms with Crippen LogP contribution >= 0.6 is 12.2 Å². The van der Waals surface area contributed by atoms with Gasteiger partial charge in [-0.25, -0.2) is 0 Å². The zero-order chi connectivity index (χ0) is 15.1. The Hall–Kier alpha value is -2.07. The van der Waals surface area contributed by atoms with E-state index in [1.165, 1.54) is 0 Å².